The van der Waals surface area contributed by atoms with Crippen molar-refractivity contribution in [1.29, 1.82) is 0 Å². The van der Waals surface area contributed by atoms with Crippen molar-refractivity contribution < 1.29 is 17.9 Å². The van der Waals surface area contributed by atoms with Gasteiger partial charge in [-0.1, -0.05) is 42.5 Å². The maximum absolute atomic E-state index is 13.3. The predicted octanol–water partition coefficient (Wildman–Crippen LogP) is 3.32. The Labute approximate surface area is 176 Å². The second kappa shape index (κ2) is 8.45. The number of sulfonamides is 1. The highest BCUT2D eigenvalue weighted by Crippen LogP contribution is 2.28. The molecule has 1 amide bonds. The van der Waals surface area contributed by atoms with Crippen molar-refractivity contribution in [2.24, 2.45) is 0 Å². The Morgan fingerprint density at radius 2 is 1.80 bits per heavy atom. The summed E-state index contributed by atoms with van der Waals surface area (Å²) in [5.41, 5.74) is 0.922. The van der Waals surface area contributed by atoms with E-state index in [2.05, 4.69) is 5.32 Å². The van der Waals surface area contributed by atoms with Gasteiger partial charge in [0.15, 0.2) is 0 Å². The van der Waals surface area contributed by atoms with Gasteiger partial charge >= 0.3 is 0 Å². The van der Waals surface area contributed by atoms with Gasteiger partial charge in [0.1, 0.15) is 11.8 Å². The molecular formula is C23H24N2O4S. The molecule has 1 heterocycles. The zero-order valence-corrected chi connectivity index (χ0v) is 17.6. The molecule has 3 aromatic carbocycles. The van der Waals surface area contributed by atoms with E-state index in [0.717, 1.165) is 22.1 Å². The minimum absolute atomic E-state index is 0.219. The Balaban J connectivity index is 1.50. The molecule has 156 valence electrons. The third-order valence-electron chi connectivity index (χ3n) is 5.46. The fourth-order valence-corrected chi connectivity index (χ4v) is 5.50. The van der Waals surface area contributed by atoms with Crippen molar-refractivity contribution in [1.82, 2.24) is 9.62 Å². The Kier molecular flexibility index (Phi) is 5.74. The van der Waals surface area contributed by atoms with E-state index in [0.29, 0.717) is 25.9 Å². The topological polar surface area (TPSA) is 75.7 Å². The molecule has 1 fully saturated rings. The summed E-state index contributed by atoms with van der Waals surface area (Å²) in [5, 5.41) is 4.71. The molecule has 1 unspecified atom stereocenters. The van der Waals surface area contributed by atoms with Crippen LogP contribution < -0.4 is 10.1 Å². The van der Waals surface area contributed by atoms with Crippen molar-refractivity contribution in [2.75, 3.05) is 13.7 Å². The van der Waals surface area contributed by atoms with Crippen LogP contribution in [0.15, 0.2) is 71.6 Å². The highest BCUT2D eigenvalue weighted by molar-refractivity contribution is 7.89. The van der Waals surface area contributed by atoms with Gasteiger partial charge in [0, 0.05) is 13.1 Å². The first-order valence-electron chi connectivity index (χ1n) is 9.90. The maximum atomic E-state index is 13.3. The van der Waals surface area contributed by atoms with E-state index in [1.807, 2.05) is 48.5 Å². The fraction of sp³-hybridized carbons (Fsp3) is 0.261. The van der Waals surface area contributed by atoms with E-state index >= 15 is 0 Å². The second-order valence-electron chi connectivity index (χ2n) is 7.35. The lowest BCUT2D eigenvalue weighted by Crippen LogP contribution is -2.45. The van der Waals surface area contributed by atoms with Crippen molar-refractivity contribution in [3.05, 3.63) is 72.3 Å². The molecular weight excluding hydrogens is 400 g/mol. The van der Waals surface area contributed by atoms with Gasteiger partial charge in [0.2, 0.25) is 15.9 Å². The molecule has 0 aromatic heterocycles. The Morgan fingerprint density at radius 3 is 2.53 bits per heavy atom. The molecule has 1 saturated heterocycles. The molecule has 1 aliphatic rings. The van der Waals surface area contributed by atoms with Gasteiger partial charge in [-0.3, -0.25) is 4.79 Å². The van der Waals surface area contributed by atoms with Crippen LogP contribution in [-0.4, -0.2) is 38.3 Å². The van der Waals surface area contributed by atoms with E-state index in [1.54, 1.807) is 25.3 Å². The zero-order valence-electron chi connectivity index (χ0n) is 16.7. The second-order valence-corrected chi connectivity index (χ2v) is 9.24. The molecule has 1 atom stereocenters. The predicted molar refractivity (Wildman–Crippen MR) is 116 cm³/mol. The first-order chi connectivity index (χ1) is 14.5. The Bertz CT molecular complexity index is 1160. The molecule has 1 aliphatic heterocycles. The normalized spacial score (nSPS) is 17.2. The summed E-state index contributed by atoms with van der Waals surface area (Å²) in [7, 11) is -2.16. The number of hydrogen-bond donors (Lipinski definition) is 1. The summed E-state index contributed by atoms with van der Waals surface area (Å²) in [4.78, 5) is 13.0. The first kappa shape index (κ1) is 20.4. The minimum Gasteiger partial charge on any atom is -0.497 e. The van der Waals surface area contributed by atoms with E-state index in [1.165, 1.54) is 4.31 Å². The average molecular weight is 425 g/mol. The molecule has 0 saturated carbocycles. The molecule has 0 bridgehead atoms. The monoisotopic (exact) mass is 424 g/mol. The molecule has 3 aromatic rings. The number of carbonyl (C=O) groups excluding carboxylic acids is 1. The van der Waals surface area contributed by atoms with Crippen LogP contribution in [0.2, 0.25) is 0 Å². The van der Waals surface area contributed by atoms with Crippen LogP contribution in [0.4, 0.5) is 0 Å². The number of rotatable bonds is 6. The minimum atomic E-state index is -3.76. The molecule has 30 heavy (non-hydrogen) atoms. The van der Waals surface area contributed by atoms with E-state index in [-0.39, 0.29) is 10.8 Å². The molecule has 6 nitrogen and oxygen atoms in total. The van der Waals surface area contributed by atoms with Gasteiger partial charge in [0.25, 0.3) is 0 Å². The van der Waals surface area contributed by atoms with Crippen LogP contribution in [0.3, 0.4) is 0 Å². The summed E-state index contributed by atoms with van der Waals surface area (Å²) in [6.07, 6.45) is 1.18. The summed E-state index contributed by atoms with van der Waals surface area (Å²) >= 11 is 0. The zero-order chi connectivity index (χ0) is 21.1. The number of hydrogen-bond acceptors (Lipinski definition) is 4. The summed E-state index contributed by atoms with van der Waals surface area (Å²) in [6, 6.07) is 19.4. The molecule has 0 spiro atoms. The van der Waals surface area contributed by atoms with E-state index in [9.17, 15) is 13.2 Å². The number of carbonyl (C=O) groups is 1. The number of amides is 1. The molecule has 7 heteroatoms. The summed E-state index contributed by atoms with van der Waals surface area (Å²) in [5.74, 6) is 0.473. The van der Waals surface area contributed by atoms with Crippen LogP contribution in [0.5, 0.6) is 5.75 Å². The van der Waals surface area contributed by atoms with Gasteiger partial charge in [0.05, 0.1) is 12.0 Å². The lowest BCUT2D eigenvalue weighted by molar-refractivity contribution is -0.124. The first-order valence-corrected chi connectivity index (χ1v) is 11.3. The van der Waals surface area contributed by atoms with Crippen LogP contribution in [0.25, 0.3) is 10.8 Å². The smallest absolute Gasteiger partial charge is 0.243 e. The number of nitrogens with one attached hydrogen (secondary N) is 1. The van der Waals surface area contributed by atoms with Gasteiger partial charge in [-0.25, -0.2) is 8.42 Å². The Morgan fingerprint density at radius 1 is 1.07 bits per heavy atom. The highest BCUT2D eigenvalue weighted by atomic mass is 32.2. The highest BCUT2D eigenvalue weighted by Gasteiger charge is 2.39. The van der Waals surface area contributed by atoms with Crippen LogP contribution >= 0.6 is 0 Å². The maximum Gasteiger partial charge on any atom is 0.243 e. The standard InChI is InChI=1S/C23H24N2O4S/c1-29-20-11-8-17(9-12-20)16-24-23(26)22-7-4-14-25(22)30(27,28)21-13-10-18-5-2-3-6-19(18)15-21/h2-3,5-6,8-13,15,22H,4,7,14,16H2,1H3,(H,24,26). The summed E-state index contributed by atoms with van der Waals surface area (Å²) in [6.45, 7) is 0.680. The number of nitrogens with zero attached hydrogens (tertiary/aromatic N) is 1. The number of fused-ring (bicyclic) bond motifs is 1. The number of benzene rings is 3. The third kappa shape index (κ3) is 4.04. The Hall–Kier alpha value is -2.90. The fourth-order valence-electron chi connectivity index (χ4n) is 3.80. The number of ether oxygens (including phenoxy) is 1. The van der Waals surface area contributed by atoms with Crippen molar-refractivity contribution in [2.45, 2.75) is 30.3 Å². The van der Waals surface area contributed by atoms with Gasteiger partial charge in [-0.15, -0.1) is 0 Å². The molecule has 0 aliphatic carbocycles. The van der Waals surface area contributed by atoms with Gasteiger partial charge < -0.3 is 10.1 Å². The number of methoxy groups -OCH3 is 1. The van der Waals surface area contributed by atoms with E-state index < -0.39 is 16.1 Å². The summed E-state index contributed by atoms with van der Waals surface area (Å²) < 4.78 is 33.0. The van der Waals surface area contributed by atoms with Crippen LogP contribution in [0, 0.1) is 0 Å². The molecule has 4 rings (SSSR count). The molecule has 1 N–H and O–H groups in total. The van der Waals surface area contributed by atoms with Crippen LogP contribution in [-0.2, 0) is 21.4 Å². The van der Waals surface area contributed by atoms with Gasteiger partial charge in [-0.05, 0) is 53.4 Å². The third-order valence-corrected chi connectivity index (χ3v) is 7.36. The molecule has 0 radical (unpaired) electrons. The van der Waals surface area contributed by atoms with Crippen molar-refractivity contribution >= 4 is 26.7 Å². The van der Waals surface area contributed by atoms with E-state index in [4.69, 9.17) is 4.74 Å². The van der Waals surface area contributed by atoms with Crippen LogP contribution in [0.1, 0.15) is 18.4 Å². The largest absolute Gasteiger partial charge is 0.497 e. The SMILES string of the molecule is COc1ccc(CNC(=O)C2CCCN2S(=O)(=O)c2ccc3ccccc3c2)cc1. The average Bonchev–Trinajstić information content (AvgIpc) is 3.28. The lowest BCUT2D eigenvalue weighted by atomic mass is 10.1. The quantitative estimate of drug-likeness (QED) is 0.659. The van der Waals surface area contributed by atoms with Gasteiger partial charge in [-0.2, -0.15) is 4.31 Å². The van der Waals surface area contributed by atoms with Crippen molar-refractivity contribution in [3.8, 4) is 5.75 Å². The van der Waals surface area contributed by atoms with Crippen molar-refractivity contribution in [3.63, 3.8) is 0 Å². The lowest BCUT2D eigenvalue weighted by Gasteiger charge is -2.23.